The van der Waals surface area contributed by atoms with Crippen LogP contribution >= 0.6 is 0 Å². The minimum Gasteiger partial charge on any atom is -0.507 e. The van der Waals surface area contributed by atoms with E-state index in [0.29, 0.717) is 17.8 Å². The molecule has 1 amide bonds. The molecule has 0 spiro atoms. The first-order valence-electron chi connectivity index (χ1n) is 10.9. The van der Waals surface area contributed by atoms with Crippen LogP contribution < -0.4 is 10.4 Å². The Bertz CT molecular complexity index is 1410. The zero-order valence-corrected chi connectivity index (χ0v) is 19.4. The van der Waals surface area contributed by atoms with Crippen molar-refractivity contribution in [1.29, 1.82) is 0 Å². The molecule has 1 aliphatic heterocycles. The van der Waals surface area contributed by atoms with Gasteiger partial charge >= 0.3 is 11.9 Å². The Balaban J connectivity index is 1.66. The first-order valence-corrected chi connectivity index (χ1v) is 10.9. The van der Waals surface area contributed by atoms with Gasteiger partial charge in [0.2, 0.25) is 0 Å². The van der Waals surface area contributed by atoms with E-state index in [-0.39, 0.29) is 39.6 Å². The van der Waals surface area contributed by atoms with Gasteiger partial charge in [-0.3, -0.25) is 10.2 Å². The van der Waals surface area contributed by atoms with Gasteiger partial charge in [0.1, 0.15) is 11.5 Å². The molecule has 3 aromatic carbocycles. The number of aryl methyl sites for hydroxylation is 2. The van der Waals surface area contributed by atoms with E-state index >= 15 is 0 Å². The molecule has 35 heavy (non-hydrogen) atoms. The van der Waals surface area contributed by atoms with Crippen molar-refractivity contribution in [2.24, 2.45) is 10.2 Å². The molecule has 4 rings (SSSR count). The van der Waals surface area contributed by atoms with Gasteiger partial charge in [-0.2, -0.15) is 15.2 Å². The maximum atomic E-state index is 13.1. The van der Waals surface area contributed by atoms with Crippen molar-refractivity contribution in [2.75, 3.05) is 10.4 Å². The predicted molar refractivity (Wildman–Crippen MR) is 134 cm³/mol. The van der Waals surface area contributed by atoms with Crippen LogP contribution in [0.5, 0.6) is 11.5 Å². The zero-order valence-electron chi connectivity index (χ0n) is 19.4. The number of rotatable bonds is 6. The number of carbonyl (C=O) groups excluding carboxylic acids is 1. The highest BCUT2D eigenvalue weighted by molar-refractivity contribution is 6.71. The fourth-order valence-electron chi connectivity index (χ4n) is 3.67. The van der Waals surface area contributed by atoms with Crippen LogP contribution in [-0.2, 0) is 4.79 Å². The Morgan fingerprint density at radius 3 is 2.49 bits per heavy atom. The standard InChI is InChI=1S/C26H24N4O5/c1-4-20-23(25(33)30(29-20)17-10-8-14(2)15(3)12-17)28-27-21-7-5-6-18(24(21)32)19-13-16(26(34)35)9-11-22(19)31/h5-13,27,31-32H,4H2,1-3H3,(H,34,35)/b28-23-. The first-order chi connectivity index (χ1) is 16.7. The number of phenolic OH excluding ortho intramolecular Hbond substituents is 2. The van der Waals surface area contributed by atoms with Gasteiger partial charge in [-0.25, -0.2) is 4.79 Å². The van der Waals surface area contributed by atoms with E-state index in [0.717, 1.165) is 11.1 Å². The second-order valence-corrected chi connectivity index (χ2v) is 8.10. The third-order valence-electron chi connectivity index (χ3n) is 5.82. The fourth-order valence-corrected chi connectivity index (χ4v) is 3.67. The van der Waals surface area contributed by atoms with Crippen molar-refractivity contribution in [3.05, 3.63) is 71.3 Å². The Hall–Kier alpha value is -4.66. The molecule has 0 saturated heterocycles. The topological polar surface area (TPSA) is 135 Å². The van der Waals surface area contributed by atoms with Crippen molar-refractivity contribution < 1.29 is 24.9 Å². The summed E-state index contributed by atoms with van der Waals surface area (Å²) in [6, 6.07) is 14.1. The van der Waals surface area contributed by atoms with Crippen molar-refractivity contribution >= 4 is 34.7 Å². The Labute approximate surface area is 201 Å². The van der Waals surface area contributed by atoms with Gasteiger partial charge < -0.3 is 15.3 Å². The number of hydrazone groups is 2. The normalized spacial score (nSPS) is 14.4. The van der Waals surface area contributed by atoms with Gasteiger partial charge in [-0.1, -0.05) is 25.1 Å². The number of carboxylic acid groups (broad SMARTS) is 1. The van der Waals surface area contributed by atoms with Crippen LogP contribution in [0.15, 0.2) is 64.8 Å². The van der Waals surface area contributed by atoms with E-state index in [1.54, 1.807) is 12.1 Å². The molecule has 0 radical (unpaired) electrons. The van der Waals surface area contributed by atoms with E-state index in [4.69, 9.17) is 0 Å². The lowest BCUT2D eigenvalue weighted by atomic mass is 10.0. The molecule has 0 unspecified atom stereocenters. The van der Waals surface area contributed by atoms with E-state index in [1.807, 2.05) is 39.0 Å². The summed E-state index contributed by atoms with van der Waals surface area (Å²) in [6.07, 6.45) is 0.468. The molecule has 178 valence electrons. The molecule has 1 aliphatic rings. The largest absolute Gasteiger partial charge is 0.507 e. The third-order valence-corrected chi connectivity index (χ3v) is 5.82. The maximum Gasteiger partial charge on any atom is 0.335 e. The summed E-state index contributed by atoms with van der Waals surface area (Å²) in [5.74, 6) is -2.02. The summed E-state index contributed by atoms with van der Waals surface area (Å²) in [6.45, 7) is 5.81. The van der Waals surface area contributed by atoms with Gasteiger partial charge in [-0.05, 0) is 67.8 Å². The number of amides is 1. The number of hydrogen-bond donors (Lipinski definition) is 4. The van der Waals surface area contributed by atoms with Crippen LogP contribution in [0.25, 0.3) is 11.1 Å². The average Bonchev–Trinajstić information content (AvgIpc) is 3.16. The number of hydrogen-bond acceptors (Lipinski definition) is 7. The molecular formula is C26H24N4O5. The van der Waals surface area contributed by atoms with Crippen molar-refractivity contribution in [3.63, 3.8) is 0 Å². The predicted octanol–water partition coefficient (Wildman–Crippen LogP) is 4.66. The number of carboxylic acids is 1. The SMILES string of the molecule is CCC1=NN(c2ccc(C)c(C)c2)C(=O)/C1=N\Nc1cccc(-c2cc(C(=O)O)ccc2O)c1O. The third kappa shape index (κ3) is 4.43. The Morgan fingerprint density at radius 1 is 1.03 bits per heavy atom. The maximum absolute atomic E-state index is 13.1. The highest BCUT2D eigenvalue weighted by Gasteiger charge is 2.32. The number of nitrogens with zero attached hydrogens (tertiary/aromatic N) is 3. The molecule has 0 fully saturated rings. The van der Waals surface area contributed by atoms with Crippen LogP contribution in [0, 0.1) is 13.8 Å². The molecule has 9 heteroatoms. The van der Waals surface area contributed by atoms with Gasteiger partial charge in [0.05, 0.1) is 22.6 Å². The molecule has 0 bridgehead atoms. The smallest absolute Gasteiger partial charge is 0.335 e. The minimum atomic E-state index is -1.16. The number of para-hydroxylation sites is 1. The molecule has 4 N–H and O–H groups in total. The van der Waals surface area contributed by atoms with Crippen LogP contribution in [0.2, 0.25) is 0 Å². The molecule has 0 aromatic heterocycles. The van der Waals surface area contributed by atoms with Crippen LogP contribution in [0.3, 0.4) is 0 Å². The monoisotopic (exact) mass is 472 g/mol. The fraction of sp³-hybridized carbons (Fsp3) is 0.154. The van der Waals surface area contributed by atoms with E-state index in [2.05, 4.69) is 15.6 Å². The summed E-state index contributed by atoms with van der Waals surface area (Å²) in [5, 5.41) is 40.3. The number of aromatic carboxylic acids is 1. The van der Waals surface area contributed by atoms with Gasteiger partial charge in [0.15, 0.2) is 5.71 Å². The molecule has 0 atom stereocenters. The summed E-state index contributed by atoms with van der Waals surface area (Å²) in [5.41, 5.74) is 6.57. The quantitative estimate of drug-likeness (QED) is 0.304. The van der Waals surface area contributed by atoms with Crippen molar-refractivity contribution in [3.8, 4) is 22.6 Å². The second kappa shape index (κ2) is 9.30. The minimum absolute atomic E-state index is 0.0393. The summed E-state index contributed by atoms with van der Waals surface area (Å²) >= 11 is 0. The van der Waals surface area contributed by atoms with E-state index in [1.165, 1.54) is 29.3 Å². The number of carbonyl (C=O) groups is 2. The number of aromatic hydroxyl groups is 2. The lowest BCUT2D eigenvalue weighted by Crippen LogP contribution is -2.28. The van der Waals surface area contributed by atoms with Crippen molar-refractivity contribution in [2.45, 2.75) is 27.2 Å². The second-order valence-electron chi connectivity index (χ2n) is 8.10. The van der Waals surface area contributed by atoms with E-state index in [9.17, 15) is 24.9 Å². The highest BCUT2D eigenvalue weighted by Crippen LogP contribution is 2.40. The molecule has 1 heterocycles. The highest BCUT2D eigenvalue weighted by atomic mass is 16.4. The van der Waals surface area contributed by atoms with Crippen LogP contribution in [-0.4, -0.2) is 38.6 Å². The molecule has 0 aliphatic carbocycles. The number of benzene rings is 3. The number of anilines is 2. The lowest BCUT2D eigenvalue weighted by Gasteiger charge is -2.13. The Morgan fingerprint density at radius 2 is 1.80 bits per heavy atom. The number of phenols is 2. The summed E-state index contributed by atoms with van der Waals surface area (Å²) in [7, 11) is 0. The first kappa shape index (κ1) is 23.5. The number of nitrogens with one attached hydrogen (secondary N) is 1. The van der Waals surface area contributed by atoms with Gasteiger partial charge in [-0.15, -0.1) is 0 Å². The van der Waals surface area contributed by atoms with Gasteiger partial charge in [0.25, 0.3) is 0 Å². The van der Waals surface area contributed by atoms with Gasteiger partial charge in [0, 0.05) is 11.1 Å². The molecule has 3 aromatic rings. The van der Waals surface area contributed by atoms with Crippen molar-refractivity contribution in [1.82, 2.24) is 0 Å². The average molecular weight is 473 g/mol. The van der Waals surface area contributed by atoms with E-state index < -0.39 is 11.9 Å². The molecular weight excluding hydrogens is 448 g/mol. The van der Waals surface area contributed by atoms with Crippen LogP contribution in [0.1, 0.15) is 34.8 Å². The molecule has 9 nitrogen and oxygen atoms in total. The Kier molecular flexibility index (Phi) is 6.24. The summed E-state index contributed by atoms with van der Waals surface area (Å²) < 4.78 is 0. The lowest BCUT2D eigenvalue weighted by molar-refractivity contribution is -0.112. The van der Waals surface area contributed by atoms with Crippen LogP contribution in [0.4, 0.5) is 11.4 Å². The molecule has 0 saturated carbocycles. The summed E-state index contributed by atoms with van der Waals surface area (Å²) in [4.78, 5) is 24.4. The zero-order chi connectivity index (χ0) is 25.3.